The number of hydrogen-bond donors (Lipinski definition) is 1. The highest BCUT2D eigenvalue weighted by Gasteiger charge is 2.30. The van der Waals surface area contributed by atoms with Crippen molar-refractivity contribution in [3.8, 4) is 0 Å². The molecular formula is C13H20N4O. The molecule has 0 amide bonds. The minimum Gasteiger partial charge on any atom is -0.375 e. The van der Waals surface area contributed by atoms with E-state index in [0.29, 0.717) is 12.0 Å². The Balaban J connectivity index is 1.74. The Hall–Kier alpha value is -1.20. The molecule has 5 nitrogen and oxygen atoms in total. The van der Waals surface area contributed by atoms with Crippen LogP contribution >= 0.6 is 0 Å². The maximum Gasteiger partial charge on any atom is 0.151 e. The molecule has 18 heavy (non-hydrogen) atoms. The van der Waals surface area contributed by atoms with Crippen LogP contribution in [0, 0.1) is 12.8 Å². The van der Waals surface area contributed by atoms with E-state index in [0.717, 1.165) is 44.3 Å². The second-order valence-electron chi connectivity index (χ2n) is 5.14. The van der Waals surface area contributed by atoms with Crippen molar-refractivity contribution in [3.63, 3.8) is 0 Å². The van der Waals surface area contributed by atoms with Gasteiger partial charge >= 0.3 is 0 Å². The molecule has 98 valence electrons. The average Bonchev–Trinajstić information content (AvgIpc) is 2.61. The van der Waals surface area contributed by atoms with Crippen LogP contribution in [-0.4, -0.2) is 49.1 Å². The highest BCUT2D eigenvalue weighted by Crippen LogP contribution is 2.22. The van der Waals surface area contributed by atoms with Crippen molar-refractivity contribution in [2.75, 3.05) is 37.7 Å². The van der Waals surface area contributed by atoms with Gasteiger partial charge in [-0.3, -0.25) is 0 Å². The minimum atomic E-state index is 0.363. The van der Waals surface area contributed by atoms with E-state index in [1.165, 1.54) is 6.42 Å². The second-order valence-corrected chi connectivity index (χ2v) is 5.14. The van der Waals surface area contributed by atoms with E-state index in [1.807, 2.05) is 13.0 Å². The summed E-state index contributed by atoms with van der Waals surface area (Å²) in [6.07, 6.45) is 1.54. The normalized spacial score (nSPS) is 28.6. The van der Waals surface area contributed by atoms with E-state index in [4.69, 9.17) is 4.74 Å². The third-order valence-electron chi connectivity index (χ3n) is 3.82. The zero-order valence-corrected chi connectivity index (χ0v) is 10.8. The smallest absolute Gasteiger partial charge is 0.151 e. The number of nitrogens with one attached hydrogen (secondary N) is 1. The summed E-state index contributed by atoms with van der Waals surface area (Å²) in [7, 11) is 0. The van der Waals surface area contributed by atoms with Crippen LogP contribution in [-0.2, 0) is 4.74 Å². The molecule has 3 rings (SSSR count). The summed E-state index contributed by atoms with van der Waals surface area (Å²) in [5, 5.41) is 11.8. The van der Waals surface area contributed by atoms with Crippen LogP contribution in [0.15, 0.2) is 12.1 Å². The first kappa shape index (κ1) is 11.9. The Morgan fingerprint density at radius 2 is 2.33 bits per heavy atom. The van der Waals surface area contributed by atoms with Gasteiger partial charge in [-0.2, -0.15) is 5.10 Å². The zero-order valence-electron chi connectivity index (χ0n) is 10.8. The number of fused-ring (bicyclic) bond motifs is 1. The molecule has 2 saturated heterocycles. The quantitative estimate of drug-likeness (QED) is 0.788. The van der Waals surface area contributed by atoms with Gasteiger partial charge in [0.2, 0.25) is 0 Å². The van der Waals surface area contributed by atoms with Gasteiger partial charge in [-0.15, -0.1) is 5.10 Å². The first-order chi connectivity index (χ1) is 8.83. The fourth-order valence-electron chi connectivity index (χ4n) is 2.75. The van der Waals surface area contributed by atoms with Gasteiger partial charge in [-0.05, 0) is 32.0 Å². The van der Waals surface area contributed by atoms with Gasteiger partial charge < -0.3 is 15.0 Å². The number of piperidine rings is 1. The van der Waals surface area contributed by atoms with Gasteiger partial charge in [0.15, 0.2) is 5.82 Å². The molecule has 2 atom stereocenters. The van der Waals surface area contributed by atoms with Crippen LogP contribution in [0.1, 0.15) is 12.1 Å². The predicted octanol–water partition coefficient (Wildman–Crippen LogP) is 0.600. The van der Waals surface area contributed by atoms with Gasteiger partial charge in [0.25, 0.3) is 0 Å². The van der Waals surface area contributed by atoms with Crippen LogP contribution < -0.4 is 10.2 Å². The average molecular weight is 248 g/mol. The van der Waals surface area contributed by atoms with Gasteiger partial charge in [0.1, 0.15) is 0 Å². The summed E-state index contributed by atoms with van der Waals surface area (Å²) in [6, 6.07) is 4.08. The third-order valence-corrected chi connectivity index (χ3v) is 3.82. The molecule has 2 aliphatic rings. The van der Waals surface area contributed by atoms with Crippen molar-refractivity contribution in [3.05, 3.63) is 17.8 Å². The molecule has 0 aromatic carbocycles. The molecule has 2 aliphatic heterocycles. The molecule has 0 aliphatic carbocycles. The first-order valence-corrected chi connectivity index (χ1v) is 6.70. The lowest BCUT2D eigenvalue weighted by molar-refractivity contribution is 0.0179. The molecule has 1 aromatic rings. The van der Waals surface area contributed by atoms with Crippen molar-refractivity contribution in [2.45, 2.75) is 19.4 Å². The number of aromatic nitrogens is 2. The summed E-state index contributed by atoms with van der Waals surface area (Å²) in [5.41, 5.74) is 0.963. The summed E-state index contributed by atoms with van der Waals surface area (Å²) in [6.45, 7) is 6.76. The molecule has 0 spiro atoms. The van der Waals surface area contributed by atoms with E-state index < -0.39 is 0 Å². The topological polar surface area (TPSA) is 50.3 Å². The Bertz CT molecular complexity index is 394. The van der Waals surface area contributed by atoms with Crippen LogP contribution in [0.5, 0.6) is 0 Å². The maximum absolute atomic E-state index is 5.93. The van der Waals surface area contributed by atoms with Crippen LogP contribution in [0.2, 0.25) is 0 Å². The van der Waals surface area contributed by atoms with Crippen LogP contribution in [0.25, 0.3) is 0 Å². The molecular weight excluding hydrogens is 228 g/mol. The number of hydrogen-bond acceptors (Lipinski definition) is 5. The molecule has 5 heteroatoms. The van der Waals surface area contributed by atoms with Crippen molar-refractivity contribution in [1.29, 1.82) is 0 Å². The summed E-state index contributed by atoms with van der Waals surface area (Å²) in [4.78, 5) is 2.31. The molecule has 0 bridgehead atoms. The minimum absolute atomic E-state index is 0.363. The first-order valence-electron chi connectivity index (χ1n) is 6.70. The lowest BCUT2D eigenvalue weighted by atomic mass is 9.94. The summed E-state index contributed by atoms with van der Waals surface area (Å²) in [5.74, 6) is 1.58. The van der Waals surface area contributed by atoms with Crippen molar-refractivity contribution < 1.29 is 4.74 Å². The highest BCUT2D eigenvalue weighted by atomic mass is 16.5. The lowest BCUT2D eigenvalue weighted by Crippen LogP contribution is -2.44. The number of nitrogens with zero attached hydrogens (tertiary/aromatic N) is 3. The van der Waals surface area contributed by atoms with E-state index in [1.54, 1.807) is 0 Å². The molecule has 3 heterocycles. The van der Waals surface area contributed by atoms with Gasteiger partial charge in [-0.25, -0.2) is 0 Å². The van der Waals surface area contributed by atoms with Crippen molar-refractivity contribution in [1.82, 2.24) is 15.5 Å². The van der Waals surface area contributed by atoms with Gasteiger partial charge in [-0.1, -0.05) is 0 Å². The number of ether oxygens (including phenoxy) is 1. The molecule has 1 aromatic heterocycles. The SMILES string of the molecule is Cc1ccc(N2CCO[C@@H]3CNCC[C@@H]3C2)nn1. The van der Waals surface area contributed by atoms with E-state index in [9.17, 15) is 0 Å². The fraction of sp³-hybridized carbons (Fsp3) is 0.692. The maximum atomic E-state index is 5.93. The molecule has 0 unspecified atom stereocenters. The molecule has 1 N–H and O–H groups in total. The van der Waals surface area contributed by atoms with Crippen molar-refractivity contribution in [2.24, 2.45) is 5.92 Å². The highest BCUT2D eigenvalue weighted by molar-refractivity contribution is 5.37. The van der Waals surface area contributed by atoms with E-state index in [-0.39, 0.29) is 0 Å². The van der Waals surface area contributed by atoms with Gasteiger partial charge in [0, 0.05) is 25.6 Å². The zero-order chi connectivity index (χ0) is 12.4. The largest absolute Gasteiger partial charge is 0.375 e. The van der Waals surface area contributed by atoms with Crippen molar-refractivity contribution >= 4 is 5.82 Å². The Labute approximate surface area is 108 Å². The summed E-state index contributed by atoms with van der Waals surface area (Å²) < 4.78 is 5.93. The van der Waals surface area contributed by atoms with Crippen LogP contribution in [0.4, 0.5) is 5.82 Å². The number of aryl methyl sites for hydroxylation is 1. The lowest BCUT2D eigenvalue weighted by Gasteiger charge is -2.31. The third kappa shape index (κ3) is 2.47. The number of anilines is 1. The predicted molar refractivity (Wildman–Crippen MR) is 69.7 cm³/mol. The van der Waals surface area contributed by atoms with Crippen LogP contribution in [0.3, 0.4) is 0 Å². The van der Waals surface area contributed by atoms with E-state index in [2.05, 4.69) is 26.5 Å². The Morgan fingerprint density at radius 1 is 1.39 bits per heavy atom. The van der Waals surface area contributed by atoms with E-state index >= 15 is 0 Å². The molecule has 0 radical (unpaired) electrons. The Morgan fingerprint density at radius 3 is 3.17 bits per heavy atom. The standard InChI is InChI=1S/C13H20N4O/c1-10-2-3-13(16-15-10)17-6-7-18-12-8-14-5-4-11(12)9-17/h2-3,11-12,14H,4-9H2,1H3/t11-,12-/m1/s1. The second kappa shape index (κ2) is 5.20. The monoisotopic (exact) mass is 248 g/mol. The van der Waals surface area contributed by atoms with Gasteiger partial charge in [0.05, 0.1) is 18.4 Å². The fourth-order valence-corrected chi connectivity index (χ4v) is 2.75. The Kier molecular flexibility index (Phi) is 3.43. The number of rotatable bonds is 1. The summed E-state index contributed by atoms with van der Waals surface area (Å²) >= 11 is 0. The molecule has 2 fully saturated rings. The molecule has 0 saturated carbocycles.